The van der Waals surface area contributed by atoms with Crippen molar-refractivity contribution in [3.8, 4) is 0 Å². The monoisotopic (exact) mass is 336 g/mol. The first kappa shape index (κ1) is 16.7. The van der Waals surface area contributed by atoms with E-state index in [-0.39, 0.29) is 0 Å². The Labute approximate surface area is 144 Å². The normalized spacial score (nSPS) is 11.4. The molecule has 0 aliphatic carbocycles. The van der Waals surface area contributed by atoms with Crippen molar-refractivity contribution in [1.29, 1.82) is 0 Å². The number of nitrogens with zero attached hydrogens (tertiary/aromatic N) is 3. The van der Waals surface area contributed by atoms with E-state index in [9.17, 15) is 0 Å². The summed E-state index contributed by atoms with van der Waals surface area (Å²) in [5, 5.41) is 0. The lowest BCUT2D eigenvalue weighted by Gasteiger charge is -2.24. The number of aromatic nitrogens is 3. The maximum absolute atomic E-state index is 4.75. The number of unbranched alkanes of at least 4 members (excludes halogenated alkanes) is 2. The van der Waals surface area contributed by atoms with Crippen LogP contribution in [0.25, 0.3) is 0 Å². The Hall–Kier alpha value is -2.12. The van der Waals surface area contributed by atoms with Crippen LogP contribution in [0.2, 0.25) is 0 Å². The largest absolute Gasteiger partial charge is 0.221 e. The van der Waals surface area contributed by atoms with Crippen molar-refractivity contribution in [2.24, 2.45) is 0 Å². The van der Waals surface area contributed by atoms with Crippen LogP contribution in [-0.4, -0.2) is 21.1 Å². The van der Waals surface area contributed by atoms with E-state index in [1.165, 1.54) is 12.8 Å². The highest BCUT2D eigenvalue weighted by Crippen LogP contribution is 2.54. The minimum absolute atomic E-state index is 1.06. The quantitative estimate of drug-likeness (QED) is 0.490. The third-order valence-corrected chi connectivity index (χ3v) is 8.35. The molecule has 0 fully saturated rings. The Balaban J connectivity index is 2.20. The molecule has 24 heavy (non-hydrogen) atoms. The van der Waals surface area contributed by atoms with Gasteiger partial charge in [0.1, 0.15) is 0 Å². The summed E-state index contributed by atoms with van der Waals surface area (Å²) in [5.74, 6) is 0. The molecule has 0 unspecified atom stereocenters. The van der Waals surface area contributed by atoms with E-state index in [0.29, 0.717) is 0 Å². The second-order valence-corrected chi connectivity index (χ2v) is 9.25. The summed E-state index contributed by atoms with van der Waals surface area (Å²) in [6.07, 6.45) is 10.3. The highest BCUT2D eigenvalue weighted by molar-refractivity contribution is 7.95. The minimum Gasteiger partial charge on any atom is -0.221 e. The van der Waals surface area contributed by atoms with Gasteiger partial charge in [-0.15, -0.1) is 0 Å². The van der Waals surface area contributed by atoms with Crippen molar-refractivity contribution in [2.45, 2.75) is 26.2 Å². The maximum atomic E-state index is 4.75. The molecule has 3 nitrogen and oxygen atoms in total. The molecule has 0 saturated carbocycles. The molecule has 0 radical (unpaired) electrons. The minimum atomic E-state index is -1.92. The third kappa shape index (κ3) is 3.37. The fourth-order valence-corrected chi connectivity index (χ4v) is 6.94. The highest BCUT2D eigenvalue weighted by Gasteiger charge is 2.49. The molecule has 0 N–H and O–H groups in total. The Kier molecular flexibility index (Phi) is 5.66. The molecule has 0 atom stereocenters. The van der Waals surface area contributed by atoms with Crippen molar-refractivity contribution >= 4 is 23.6 Å². The van der Waals surface area contributed by atoms with Crippen LogP contribution in [0.1, 0.15) is 26.2 Å². The topological polar surface area (TPSA) is 38.7 Å². The first-order valence-electron chi connectivity index (χ1n) is 8.51. The average Bonchev–Trinajstić information content (AvgIpc) is 2.68. The zero-order valence-corrected chi connectivity index (χ0v) is 14.9. The van der Waals surface area contributed by atoms with Gasteiger partial charge in [0, 0.05) is 36.8 Å². The van der Waals surface area contributed by atoms with Crippen molar-refractivity contribution < 1.29 is 0 Å². The van der Waals surface area contributed by atoms with Crippen LogP contribution in [0.15, 0.2) is 73.2 Å². The molecule has 4 heteroatoms. The summed E-state index contributed by atoms with van der Waals surface area (Å²) in [6, 6.07) is 18.6. The van der Waals surface area contributed by atoms with Crippen LogP contribution in [0, 0.1) is 0 Å². The van der Waals surface area contributed by atoms with E-state index >= 15 is 0 Å². The predicted molar refractivity (Wildman–Crippen MR) is 103 cm³/mol. The van der Waals surface area contributed by atoms with Crippen molar-refractivity contribution in [1.82, 2.24) is 15.0 Å². The van der Waals surface area contributed by atoms with Gasteiger partial charge in [-0.2, -0.15) is 0 Å². The van der Waals surface area contributed by atoms with Crippen LogP contribution in [-0.2, 0) is 0 Å². The molecule has 3 aromatic heterocycles. The van der Waals surface area contributed by atoms with Gasteiger partial charge < -0.3 is 0 Å². The predicted octanol–water partition coefficient (Wildman–Crippen LogP) is 3.36. The first-order valence-corrected chi connectivity index (χ1v) is 10.5. The van der Waals surface area contributed by atoms with E-state index < -0.39 is 7.26 Å². The lowest BCUT2D eigenvalue weighted by molar-refractivity contribution is 0.775. The SMILES string of the molecule is CCCCC[P+](c1ccccn1)(c1ccccn1)c1ccccn1. The first-order chi connectivity index (χ1) is 11.9. The van der Waals surface area contributed by atoms with Gasteiger partial charge >= 0.3 is 0 Å². The lowest BCUT2D eigenvalue weighted by atomic mass is 10.3. The van der Waals surface area contributed by atoms with Gasteiger partial charge in [0.15, 0.2) is 23.6 Å². The van der Waals surface area contributed by atoms with Gasteiger partial charge in [-0.3, -0.25) is 0 Å². The summed E-state index contributed by atoms with van der Waals surface area (Å²) in [7, 11) is -1.92. The molecule has 0 aromatic carbocycles. The number of pyridine rings is 3. The summed E-state index contributed by atoms with van der Waals surface area (Å²) < 4.78 is 0. The average molecular weight is 336 g/mol. The zero-order chi connectivity index (χ0) is 16.7. The van der Waals surface area contributed by atoms with Gasteiger partial charge in [0.2, 0.25) is 0 Å². The lowest BCUT2D eigenvalue weighted by Crippen LogP contribution is -2.37. The van der Waals surface area contributed by atoms with Crippen LogP contribution in [0.5, 0.6) is 0 Å². The van der Waals surface area contributed by atoms with Crippen molar-refractivity contribution in [3.63, 3.8) is 0 Å². The molecule has 0 saturated heterocycles. The maximum Gasteiger partial charge on any atom is 0.196 e. The van der Waals surface area contributed by atoms with Gasteiger partial charge in [0.25, 0.3) is 0 Å². The Bertz CT molecular complexity index is 636. The van der Waals surface area contributed by atoms with Gasteiger partial charge in [-0.25, -0.2) is 15.0 Å². The van der Waals surface area contributed by atoms with E-state index in [2.05, 4.69) is 43.3 Å². The summed E-state index contributed by atoms with van der Waals surface area (Å²) in [5.41, 5.74) is 3.37. The second kappa shape index (κ2) is 8.12. The number of rotatable bonds is 7. The van der Waals surface area contributed by atoms with Gasteiger partial charge in [-0.05, 0) is 24.6 Å². The fraction of sp³-hybridized carbons (Fsp3) is 0.250. The molecular weight excluding hydrogens is 313 g/mol. The molecule has 0 bridgehead atoms. The Morgan fingerprint density at radius 3 is 1.46 bits per heavy atom. The molecule has 0 aliphatic rings. The molecule has 0 aliphatic heterocycles. The van der Waals surface area contributed by atoms with Crippen molar-refractivity contribution in [3.05, 3.63) is 73.2 Å². The van der Waals surface area contributed by atoms with Crippen LogP contribution >= 0.6 is 7.26 Å². The molecular formula is C20H23N3P+. The molecule has 122 valence electrons. The molecule has 3 heterocycles. The highest BCUT2D eigenvalue weighted by atomic mass is 31.2. The Morgan fingerprint density at radius 2 is 1.12 bits per heavy atom. The summed E-state index contributed by atoms with van der Waals surface area (Å²) >= 11 is 0. The van der Waals surface area contributed by atoms with Gasteiger partial charge in [-0.1, -0.05) is 38.0 Å². The third-order valence-electron chi connectivity index (χ3n) is 4.22. The van der Waals surface area contributed by atoms with Crippen molar-refractivity contribution in [2.75, 3.05) is 6.16 Å². The molecule has 0 amide bonds. The molecule has 0 spiro atoms. The van der Waals surface area contributed by atoms with Gasteiger partial charge in [0.05, 0.1) is 6.16 Å². The van der Waals surface area contributed by atoms with Crippen LogP contribution < -0.4 is 16.3 Å². The van der Waals surface area contributed by atoms with Crippen LogP contribution in [0.3, 0.4) is 0 Å². The van der Waals surface area contributed by atoms with E-state index in [0.717, 1.165) is 28.9 Å². The van der Waals surface area contributed by atoms with E-state index in [1.807, 2.05) is 36.8 Å². The number of hydrogen-bond acceptors (Lipinski definition) is 3. The smallest absolute Gasteiger partial charge is 0.196 e. The standard InChI is InChI=1S/C20H23N3P/c1-2-3-10-17-24(18-11-4-7-14-21-18,19-12-5-8-15-22-19)20-13-6-9-16-23-20/h4-9,11-16H,2-3,10,17H2,1H3/q+1. The fourth-order valence-electron chi connectivity index (χ4n) is 3.03. The molecule has 3 rings (SSSR count). The summed E-state index contributed by atoms with van der Waals surface area (Å²) in [6.45, 7) is 2.24. The second-order valence-electron chi connectivity index (χ2n) is 5.80. The zero-order valence-electron chi connectivity index (χ0n) is 14.0. The summed E-state index contributed by atoms with van der Waals surface area (Å²) in [4.78, 5) is 14.3. The number of hydrogen-bond donors (Lipinski definition) is 0. The Morgan fingerprint density at radius 1 is 0.667 bits per heavy atom. The van der Waals surface area contributed by atoms with E-state index in [4.69, 9.17) is 15.0 Å². The van der Waals surface area contributed by atoms with Crippen LogP contribution in [0.4, 0.5) is 0 Å². The molecule has 3 aromatic rings. The van der Waals surface area contributed by atoms with E-state index in [1.54, 1.807) is 0 Å².